The fourth-order valence-corrected chi connectivity index (χ4v) is 2.50. The lowest BCUT2D eigenvalue weighted by molar-refractivity contribution is 0.0183. The van der Waals surface area contributed by atoms with Gasteiger partial charge in [-0.3, -0.25) is 0 Å². The quantitative estimate of drug-likeness (QED) is 0.859. The highest BCUT2D eigenvalue weighted by atomic mass is 16.6. The molecule has 0 radical (unpaired) electrons. The average Bonchev–Trinajstić information content (AvgIpc) is 2.81. The zero-order chi connectivity index (χ0) is 16.3. The first-order valence-corrected chi connectivity index (χ1v) is 7.69. The molecular weight excluding hydrogens is 282 g/mol. The maximum atomic E-state index is 12.2. The molecule has 0 aliphatic carbocycles. The van der Waals surface area contributed by atoms with Gasteiger partial charge in [-0.05, 0) is 53.5 Å². The second-order valence-electron chi connectivity index (χ2n) is 6.71. The monoisotopic (exact) mass is 307 g/mol. The van der Waals surface area contributed by atoms with Crippen LogP contribution in [0.15, 0.2) is 6.07 Å². The standard InChI is InChI=1S/C16H25N3O3/c1-11-9-12(2)18-14(17-11)21-10-13-7-6-8-19(13)15(20)22-16(3,4)5/h9,13H,6-8,10H2,1-5H3. The fourth-order valence-electron chi connectivity index (χ4n) is 2.50. The van der Waals surface area contributed by atoms with Crippen LogP contribution in [0.1, 0.15) is 45.0 Å². The summed E-state index contributed by atoms with van der Waals surface area (Å²) in [5.41, 5.74) is 1.26. The molecule has 2 heterocycles. The molecule has 1 aliphatic heterocycles. The molecule has 0 spiro atoms. The van der Waals surface area contributed by atoms with Crippen LogP contribution in [0.25, 0.3) is 0 Å². The predicted octanol–water partition coefficient (Wildman–Crippen LogP) is 2.87. The Hall–Kier alpha value is -1.85. The summed E-state index contributed by atoms with van der Waals surface area (Å²) in [6.45, 7) is 10.5. The van der Waals surface area contributed by atoms with E-state index in [9.17, 15) is 4.79 Å². The van der Waals surface area contributed by atoms with Crippen molar-refractivity contribution in [2.24, 2.45) is 0 Å². The van der Waals surface area contributed by atoms with E-state index < -0.39 is 5.60 Å². The van der Waals surface area contributed by atoms with Crippen LogP contribution in [0, 0.1) is 13.8 Å². The zero-order valence-electron chi connectivity index (χ0n) is 14.0. The van der Waals surface area contributed by atoms with Gasteiger partial charge >= 0.3 is 12.1 Å². The molecule has 1 aliphatic rings. The van der Waals surface area contributed by atoms with Crippen LogP contribution in [-0.2, 0) is 4.74 Å². The molecule has 1 aromatic rings. The third-order valence-electron chi connectivity index (χ3n) is 3.37. The highest BCUT2D eigenvalue weighted by Crippen LogP contribution is 2.21. The molecule has 0 aromatic carbocycles. The highest BCUT2D eigenvalue weighted by Gasteiger charge is 2.32. The van der Waals surface area contributed by atoms with Crippen molar-refractivity contribution in [1.29, 1.82) is 0 Å². The van der Waals surface area contributed by atoms with Gasteiger partial charge in [-0.25, -0.2) is 14.8 Å². The molecule has 1 aromatic heterocycles. The van der Waals surface area contributed by atoms with Crippen LogP contribution in [0.5, 0.6) is 6.01 Å². The number of aromatic nitrogens is 2. The smallest absolute Gasteiger partial charge is 0.410 e. The molecule has 0 bridgehead atoms. The largest absolute Gasteiger partial charge is 0.461 e. The number of likely N-dealkylation sites (tertiary alicyclic amines) is 1. The van der Waals surface area contributed by atoms with Crippen LogP contribution in [0.4, 0.5) is 4.79 Å². The minimum atomic E-state index is -0.484. The Labute approximate surface area is 131 Å². The van der Waals surface area contributed by atoms with Gasteiger partial charge in [-0.15, -0.1) is 0 Å². The summed E-state index contributed by atoms with van der Waals surface area (Å²) < 4.78 is 11.1. The van der Waals surface area contributed by atoms with Gasteiger partial charge in [0.2, 0.25) is 0 Å². The van der Waals surface area contributed by atoms with Gasteiger partial charge < -0.3 is 14.4 Å². The number of ether oxygens (including phenoxy) is 2. The summed E-state index contributed by atoms with van der Waals surface area (Å²) in [7, 11) is 0. The molecule has 0 N–H and O–H groups in total. The van der Waals surface area contributed by atoms with Crippen molar-refractivity contribution in [3.05, 3.63) is 17.5 Å². The lowest BCUT2D eigenvalue weighted by Crippen LogP contribution is -2.42. The highest BCUT2D eigenvalue weighted by molar-refractivity contribution is 5.68. The van der Waals surface area contributed by atoms with E-state index in [1.807, 2.05) is 40.7 Å². The van der Waals surface area contributed by atoms with Crippen LogP contribution >= 0.6 is 0 Å². The van der Waals surface area contributed by atoms with Crippen molar-refractivity contribution in [3.63, 3.8) is 0 Å². The second-order valence-corrected chi connectivity index (χ2v) is 6.71. The molecule has 22 heavy (non-hydrogen) atoms. The summed E-state index contributed by atoms with van der Waals surface area (Å²) in [5, 5.41) is 0. The second kappa shape index (κ2) is 6.50. The Morgan fingerprint density at radius 2 is 1.95 bits per heavy atom. The maximum absolute atomic E-state index is 12.2. The van der Waals surface area contributed by atoms with Crippen molar-refractivity contribution >= 4 is 6.09 Å². The van der Waals surface area contributed by atoms with Gasteiger partial charge in [0.05, 0.1) is 6.04 Å². The Bertz CT molecular complexity index is 520. The molecule has 6 nitrogen and oxygen atoms in total. The minimum absolute atomic E-state index is 0.0132. The van der Waals surface area contributed by atoms with Crippen LogP contribution in [0.2, 0.25) is 0 Å². The van der Waals surface area contributed by atoms with Gasteiger partial charge in [0.25, 0.3) is 0 Å². The molecule has 1 unspecified atom stereocenters. The topological polar surface area (TPSA) is 64.5 Å². The third-order valence-corrected chi connectivity index (χ3v) is 3.37. The molecule has 6 heteroatoms. The Morgan fingerprint density at radius 3 is 2.55 bits per heavy atom. The van der Waals surface area contributed by atoms with E-state index in [1.165, 1.54) is 0 Å². The lowest BCUT2D eigenvalue weighted by Gasteiger charge is -2.28. The number of carbonyl (C=O) groups is 1. The number of amides is 1. The van der Waals surface area contributed by atoms with Crippen molar-refractivity contribution in [3.8, 4) is 6.01 Å². The molecule has 122 valence electrons. The first kappa shape index (κ1) is 16.5. The van der Waals surface area contributed by atoms with Crippen LogP contribution in [0.3, 0.4) is 0 Å². The summed E-state index contributed by atoms with van der Waals surface area (Å²) >= 11 is 0. The number of hydrogen-bond acceptors (Lipinski definition) is 5. The number of carbonyl (C=O) groups excluding carboxylic acids is 1. The Balaban J connectivity index is 1.95. The lowest BCUT2D eigenvalue weighted by atomic mass is 10.2. The van der Waals surface area contributed by atoms with E-state index in [1.54, 1.807) is 4.90 Å². The minimum Gasteiger partial charge on any atom is -0.461 e. The first-order chi connectivity index (χ1) is 10.2. The average molecular weight is 307 g/mol. The number of hydrogen-bond donors (Lipinski definition) is 0. The molecular formula is C16H25N3O3. The van der Waals surface area contributed by atoms with Crippen molar-refractivity contribution in [1.82, 2.24) is 14.9 Å². The Kier molecular flexibility index (Phi) is 4.88. The molecule has 1 fully saturated rings. The van der Waals surface area contributed by atoms with Gasteiger partial charge in [0.15, 0.2) is 0 Å². The molecule has 1 amide bonds. The van der Waals surface area contributed by atoms with Crippen LogP contribution < -0.4 is 4.74 Å². The van der Waals surface area contributed by atoms with Crippen LogP contribution in [-0.4, -0.2) is 45.8 Å². The molecule has 0 saturated carbocycles. The predicted molar refractivity (Wildman–Crippen MR) is 83.0 cm³/mol. The van der Waals surface area contributed by atoms with Crippen molar-refractivity contribution in [2.45, 2.75) is 59.1 Å². The van der Waals surface area contributed by atoms with Gasteiger partial charge in [0, 0.05) is 17.9 Å². The molecule has 1 atom stereocenters. The summed E-state index contributed by atoms with van der Waals surface area (Å²) in [6.07, 6.45) is 1.59. The summed E-state index contributed by atoms with van der Waals surface area (Å²) in [6, 6.07) is 2.28. The maximum Gasteiger partial charge on any atom is 0.410 e. The number of rotatable bonds is 3. The third kappa shape index (κ3) is 4.58. The van der Waals surface area contributed by atoms with Gasteiger partial charge in [0.1, 0.15) is 12.2 Å². The zero-order valence-corrected chi connectivity index (χ0v) is 14.0. The van der Waals surface area contributed by atoms with E-state index in [0.717, 1.165) is 24.2 Å². The van der Waals surface area contributed by atoms with E-state index in [2.05, 4.69) is 9.97 Å². The van der Waals surface area contributed by atoms with E-state index in [0.29, 0.717) is 19.2 Å². The van der Waals surface area contributed by atoms with Gasteiger partial charge in [-0.2, -0.15) is 0 Å². The summed E-state index contributed by atoms with van der Waals surface area (Å²) in [5.74, 6) is 0. The van der Waals surface area contributed by atoms with Crippen molar-refractivity contribution in [2.75, 3.05) is 13.2 Å². The van der Waals surface area contributed by atoms with E-state index in [4.69, 9.17) is 9.47 Å². The Morgan fingerprint density at radius 1 is 1.32 bits per heavy atom. The number of nitrogens with zero attached hydrogens (tertiary/aromatic N) is 3. The fraction of sp³-hybridized carbons (Fsp3) is 0.688. The van der Waals surface area contributed by atoms with Gasteiger partial charge in [-0.1, -0.05) is 0 Å². The molecule has 2 rings (SSSR count). The normalized spacial score (nSPS) is 18.4. The molecule has 1 saturated heterocycles. The first-order valence-electron chi connectivity index (χ1n) is 7.69. The van der Waals surface area contributed by atoms with E-state index in [-0.39, 0.29) is 12.1 Å². The van der Waals surface area contributed by atoms with E-state index >= 15 is 0 Å². The SMILES string of the molecule is Cc1cc(C)nc(OCC2CCCN2C(=O)OC(C)(C)C)n1. The summed E-state index contributed by atoms with van der Waals surface area (Å²) in [4.78, 5) is 22.5. The number of aryl methyl sites for hydroxylation is 2. The van der Waals surface area contributed by atoms with Crippen molar-refractivity contribution < 1.29 is 14.3 Å².